The predicted molar refractivity (Wildman–Crippen MR) is 105 cm³/mol. The van der Waals surface area contributed by atoms with E-state index in [2.05, 4.69) is 17.9 Å². The number of benzene rings is 2. The lowest BCUT2D eigenvalue weighted by atomic mass is 10.2. The number of rotatable bonds is 8. The normalized spacial score (nSPS) is 10.8. The zero-order chi connectivity index (χ0) is 19.2. The average Bonchev–Trinajstić information content (AvgIpc) is 2.63. The van der Waals surface area contributed by atoms with Crippen LogP contribution in [0.15, 0.2) is 78.7 Å². The molecule has 5 nitrogen and oxygen atoms in total. The molecule has 0 spiro atoms. The number of carbonyl (C=O) groups is 1. The van der Waals surface area contributed by atoms with E-state index in [1.54, 1.807) is 36.4 Å². The zero-order valence-electron chi connectivity index (χ0n) is 14.7. The molecule has 0 heterocycles. The molecule has 0 aliphatic rings. The second-order valence-electron chi connectivity index (χ2n) is 5.79. The van der Waals surface area contributed by atoms with Crippen LogP contribution in [0, 0.1) is 6.92 Å². The molecular formula is C20H22N2O3S. The molecule has 0 atom stereocenters. The van der Waals surface area contributed by atoms with Gasteiger partial charge in [-0.25, -0.2) is 8.42 Å². The molecule has 0 bridgehead atoms. The molecule has 0 unspecified atom stereocenters. The fraction of sp³-hybridized carbons (Fsp3) is 0.150. The van der Waals surface area contributed by atoms with Gasteiger partial charge in [0.2, 0.25) is 0 Å². The number of nitrogens with zero attached hydrogens (tertiary/aromatic N) is 1. The topological polar surface area (TPSA) is 66.5 Å². The van der Waals surface area contributed by atoms with Gasteiger partial charge in [0, 0.05) is 24.3 Å². The van der Waals surface area contributed by atoms with Gasteiger partial charge in [0.05, 0.1) is 4.90 Å². The Bertz CT molecular complexity index is 893. The van der Waals surface area contributed by atoms with Crippen LogP contribution in [0.1, 0.15) is 15.9 Å². The maximum Gasteiger partial charge on any atom is 0.261 e. The quantitative estimate of drug-likeness (QED) is 0.722. The molecule has 0 aliphatic heterocycles. The number of anilines is 1. The molecule has 0 aliphatic carbocycles. The SMILES string of the molecule is C=CCN(CC=C)C(=O)c1cccc(S(=O)(=O)Nc2ccc(C)cc2)c1. The van der Waals surface area contributed by atoms with Gasteiger partial charge in [0.15, 0.2) is 0 Å². The molecular weight excluding hydrogens is 348 g/mol. The lowest BCUT2D eigenvalue weighted by Crippen LogP contribution is -2.31. The standard InChI is InChI=1S/C20H22N2O3S/c1-4-13-22(14-5-2)20(23)17-7-6-8-19(15-17)26(24,25)21-18-11-9-16(3)10-12-18/h4-12,15,21H,1-2,13-14H2,3H3. The molecule has 1 amide bonds. The molecule has 26 heavy (non-hydrogen) atoms. The number of sulfonamides is 1. The van der Waals surface area contributed by atoms with Gasteiger partial charge in [-0.2, -0.15) is 0 Å². The van der Waals surface area contributed by atoms with Gasteiger partial charge in [-0.15, -0.1) is 13.2 Å². The van der Waals surface area contributed by atoms with E-state index in [1.807, 2.05) is 19.1 Å². The summed E-state index contributed by atoms with van der Waals surface area (Å²) in [5.74, 6) is -0.280. The smallest absolute Gasteiger partial charge is 0.261 e. The van der Waals surface area contributed by atoms with Crippen LogP contribution in [0.5, 0.6) is 0 Å². The minimum atomic E-state index is -3.79. The summed E-state index contributed by atoms with van der Waals surface area (Å²) in [7, 11) is -3.79. The lowest BCUT2D eigenvalue weighted by Gasteiger charge is -2.19. The molecule has 2 rings (SSSR count). The minimum Gasteiger partial charge on any atom is -0.331 e. The van der Waals surface area contributed by atoms with Gasteiger partial charge in [-0.05, 0) is 37.3 Å². The van der Waals surface area contributed by atoms with Gasteiger partial charge in [-0.1, -0.05) is 35.9 Å². The van der Waals surface area contributed by atoms with Crippen LogP contribution in [-0.2, 0) is 10.0 Å². The molecule has 0 aromatic heterocycles. The van der Waals surface area contributed by atoms with E-state index < -0.39 is 10.0 Å². The largest absolute Gasteiger partial charge is 0.331 e. The molecule has 0 radical (unpaired) electrons. The van der Waals surface area contributed by atoms with Gasteiger partial charge in [0.1, 0.15) is 0 Å². The van der Waals surface area contributed by atoms with E-state index in [0.29, 0.717) is 24.3 Å². The summed E-state index contributed by atoms with van der Waals surface area (Å²) in [5.41, 5.74) is 1.79. The van der Waals surface area contributed by atoms with Crippen molar-refractivity contribution in [2.45, 2.75) is 11.8 Å². The second kappa shape index (κ2) is 8.49. The fourth-order valence-corrected chi connectivity index (χ4v) is 3.47. The second-order valence-corrected chi connectivity index (χ2v) is 7.47. The molecule has 0 fully saturated rings. The Morgan fingerprint density at radius 2 is 1.69 bits per heavy atom. The highest BCUT2D eigenvalue weighted by atomic mass is 32.2. The summed E-state index contributed by atoms with van der Waals surface area (Å²) in [6.07, 6.45) is 3.22. The van der Waals surface area contributed by atoms with Crippen LogP contribution in [-0.4, -0.2) is 32.3 Å². The first kappa shape index (κ1) is 19.5. The van der Waals surface area contributed by atoms with Crippen LogP contribution in [0.2, 0.25) is 0 Å². The first-order valence-corrected chi connectivity index (χ1v) is 9.56. The molecule has 0 saturated carbocycles. The van der Waals surface area contributed by atoms with E-state index in [9.17, 15) is 13.2 Å². The lowest BCUT2D eigenvalue weighted by molar-refractivity contribution is 0.0790. The first-order valence-electron chi connectivity index (χ1n) is 8.08. The highest BCUT2D eigenvalue weighted by molar-refractivity contribution is 7.92. The zero-order valence-corrected chi connectivity index (χ0v) is 15.5. The highest BCUT2D eigenvalue weighted by Crippen LogP contribution is 2.18. The van der Waals surface area contributed by atoms with Gasteiger partial charge in [-0.3, -0.25) is 9.52 Å². The van der Waals surface area contributed by atoms with E-state index in [1.165, 1.54) is 17.0 Å². The summed E-state index contributed by atoms with van der Waals surface area (Å²) < 4.78 is 27.8. The number of hydrogen-bond donors (Lipinski definition) is 1. The van der Waals surface area contributed by atoms with Crippen molar-refractivity contribution >= 4 is 21.6 Å². The molecule has 136 valence electrons. The Morgan fingerprint density at radius 1 is 1.08 bits per heavy atom. The van der Waals surface area contributed by atoms with Crippen molar-refractivity contribution in [1.29, 1.82) is 0 Å². The van der Waals surface area contributed by atoms with Crippen LogP contribution in [0.3, 0.4) is 0 Å². The Balaban J connectivity index is 2.29. The fourth-order valence-electron chi connectivity index (χ4n) is 2.37. The maximum absolute atomic E-state index is 12.6. The van der Waals surface area contributed by atoms with E-state index >= 15 is 0 Å². The van der Waals surface area contributed by atoms with Crippen molar-refractivity contribution < 1.29 is 13.2 Å². The van der Waals surface area contributed by atoms with Crippen molar-refractivity contribution in [3.05, 3.63) is 85.0 Å². The third-order valence-electron chi connectivity index (χ3n) is 3.68. The van der Waals surface area contributed by atoms with E-state index in [-0.39, 0.29) is 10.8 Å². The van der Waals surface area contributed by atoms with Crippen LogP contribution < -0.4 is 4.72 Å². The number of amides is 1. The van der Waals surface area contributed by atoms with Crippen molar-refractivity contribution in [3.63, 3.8) is 0 Å². The first-order chi connectivity index (χ1) is 12.4. The molecule has 2 aromatic rings. The minimum absolute atomic E-state index is 0.0288. The van der Waals surface area contributed by atoms with Crippen molar-refractivity contribution in [2.75, 3.05) is 17.8 Å². The molecule has 1 N–H and O–H groups in total. The van der Waals surface area contributed by atoms with Gasteiger partial charge in [0.25, 0.3) is 15.9 Å². The Morgan fingerprint density at radius 3 is 2.27 bits per heavy atom. The summed E-state index contributed by atoms with van der Waals surface area (Å²) in [6, 6.07) is 13.0. The summed E-state index contributed by atoms with van der Waals surface area (Å²) in [4.78, 5) is 14.2. The van der Waals surface area contributed by atoms with Crippen molar-refractivity contribution in [1.82, 2.24) is 4.90 Å². The number of aryl methyl sites for hydroxylation is 1. The highest BCUT2D eigenvalue weighted by Gasteiger charge is 2.19. The Hall–Kier alpha value is -2.86. The van der Waals surface area contributed by atoms with E-state index in [4.69, 9.17) is 0 Å². The average molecular weight is 370 g/mol. The van der Waals surface area contributed by atoms with Gasteiger partial charge < -0.3 is 4.90 Å². The third-order valence-corrected chi connectivity index (χ3v) is 5.06. The summed E-state index contributed by atoms with van der Waals surface area (Å²) >= 11 is 0. The predicted octanol–water partition coefficient (Wildman–Crippen LogP) is 3.61. The molecule has 2 aromatic carbocycles. The van der Waals surface area contributed by atoms with Crippen LogP contribution >= 0.6 is 0 Å². The van der Waals surface area contributed by atoms with Crippen LogP contribution in [0.25, 0.3) is 0 Å². The Kier molecular flexibility index (Phi) is 6.36. The maximum atomic E-state index is 12.6. The number of hydrogen-bond acceptors (Lipinski definition) is 3. The van der Waals surface area contributed by atoms with Crippen molar-refractivity contribution in [2.24, 2.45) is 0 Å². The molecule has 0 saturated heterocycles. The number of nitrogens with one attached hydrogen (secondary N) is 1. The van der Waals surface area contributed by atoms with Crippen LogP contribution in [0.4, 0.5) is 5.69 Å². The monoisotopic (exact) mass is 370 g/mol. The Labute approximate surface area is 154 Å². The molecule has 6 heteroatoms. The van der Waals surface area contributed by atoms with E-state index in [0.717, 1.165) is 5.56 Å². The summed E-state index contributed by atoms with van der Waals surface area (Å²) in [6.45, 7) is 9.89. The number of carbonyl (C=O) groups excluding carboxylic acids is 1. The van der Waals surface area contributed by atoms with Gasteiger partial charge >= 0.3 is 0 Å². The third kappa shape index (κ3) is 4.83. The van der Waals surface area contributed by atoms with Crippen molar-refractivity contribution in [3.8, 4) is 0 Å². The summed E-state index contributed by atoms with van der Waals surface area (Å²) in [5, 5.41) is 0.